The number of methoxy groups -OCH3 is 1. The summed E-state index contributed by atoms with van der Waals surface area (Å²) < 4.78 is 39.0. The van der Waals surface area contributed by atoms with Gasteiger partial charge in [0.1, 0.15) is 17.9 Å². The number of anilines is 2. The molecule has 0 atom stereocenters. The molecule has 2 aromatic carbocycles. The highest BCUT2D eigenvalue weighted by atomic mass is 79.9. The Balaban J connectivity index is 1.64. The standard InChI is InChI=1S/C23H25BrN4O5S/c1-15(2)10-11-33-20-9-4-16(12-19(20)24)23(29)27-17-5-7-18(8-6-17)34(30,31)28-21-13-22(32-3)26-14-25-21/h4-9,12-15H,10-11H2,1-3H3,(H,27,29)(H,25,26,28). The van der Waals surface area contributed by atoms with Gasteiger partial charge in [-0.3, -0.25) is 9.52 Å². The molecule has 0 saturated heterocycles. The summed E-state index contributed by atoms with van der Waals surface area (Å²) in [5.74, 6) is 1.17. The molecule has 0 fully saturated rings. The monoisotopic (exact) mass is 548 g/mol. The van der Waals surface area contributed by atoms with Crippen molar-refractivity contribution in [2.75, 3.05) is 23.8 Å². The zero-order valence-electron chi connectivity index (χ0n) is 18.9. The summed E-state index contributed by atoms with van der Waals surface area (Å²) in [4.78, 5) is 20.4. The van der Waals surface area contributed by atoms with Crippen LogP contribution in [0.4, 0.5) is 11.5 Å². The fourth-order valence-electron chi connectivity index (χ4n) is 2.79. The van der Waals surface area contributed by atoms with Gasteiger partial charge in [-0.1, -0.05) is 13.8 Å². The number of sulfonamides is 1. The van der Waals surface area contributed by atoms with Gasteiger partial charge in [-0.25, -0.2) is 18.4 Å². The number of carbonyl (C=O) groups is 1. The molecule has 1 aromatic heterocycles. The molecule has 0 aliphatic rings. The Hall–Kier alpha value is -3.18. The number of ether oxygens (including phenoxy) is 2. The number of rotatable bonds is 10. The Bertz CT molecular complexity index is 1250. The fraction of sp³-hybridized carbons (Fsp3) is 0.261. The molecule has 0 radical (unpaired) electrons. The molecule has 0 unspecified atom stereocenters. The molecule has 0 saturated carbocycles. The smallest absolute Gasteiger partial charge is 0.263 e. The van der Waals surface area contributed by atoms with Crippen LogP contribution < -0.4 is 19.5 Å². The van der Waals surface area contributed by atoms with Crippen LogP contribution in [0.25, 0.3) is 0 Å². The van der Waals surface area contributed by atoms with Gasteiger partial charge in [-0.15, -0.1) is 0 Å². The number of benzene rings is 2. The lowest BCUT2D eigenvalue weighted by molar-refractivity contribution is 0.102. The quantitative estimate of drug-likeness (QED) is 0.375. The maximum atomic E-state index is 12.6. The first-order valence-corrected chi connectivity index (χ1v) is 12.7. The second-order valence-electron chi connectivity index (χ2n) is 7.71. The molecule has 9 nitrogen and oxygen atoms in total. The lowest BCUT2D eigenvalue weighted by Crippen LogP contribution is -2.15. The number of amides is 1. The van der Waals surface area contributed by atoms with E-state index in [0.717, 1.165) is 6.42 Å². The average Bonchev–Trinajstić information content (AvgIpc) is 2.80. The number of hydrogen-bond acceptors (Lipinski definition) is 7. The van der Waals surface area contributed by atoms with Crippen LogP contribution in [0.1, 0.15) is 30.6 Å². The summed E-state index contributed by atoms with van der Waals surface area (Å²) >= 11 is 3.44. The maximum Gasteiger partial charge on any atom is 0.263 e. The van der Waals surface area contributed by atoms with Crippen LogP contribution in [0.3, 0.4) is 0 Å². The van der Waals surface area contributed by atoms with Crippen LogP contribution >= 0.6 is 15.9 Å². The van der Waals surface area contributed by atoms with E-state index in [-0.39, 0.29) is 22.5 Å². The van der Waals surface area contributed by atoms with Crippen LogP contribution in [0.2, 0.25) is 0 Å². The number of aromatic nitrogens is 2. The van der Waals surface area contributed by atoms with Crippen molar-refractivity contribution in [1.29, 1.82) is 0 Å². The van der Waals surface area contributed by atoms with E-state index in [1.165, 1.54) is 43.8 Å². The summed E-state index contributed by atoms with van der Waals surface area (Å²) in [6, 6.07) is 12.2. The molecule has 180 valence electrons. The van der Waals surface area contributed by atoms with Gasteiger partial charge < -0.3 is 14.8 Å². The topological polar surface area (TPSA) is 120 Å². The van der Waals surface area contributed by atoms with E-state index in [9.17, 15) is 13.2 Å². The van der Waals surface area contributed by atoms with Gasteiger partial charge in [-0.05, 0) is 70.7 Å². The number of hydrogen-bond donors (Lipinski definition) is 2. The van der Waals surface area contributed by atoms with Crippen molar-refractivity contribution in [2.24, 2.45) is 5.92 Å². The van der Waals surface area contributed by atoms with E-state index in [1.54, 1.807) is 18.2 Å². The van der Waals surface area contributed by atoms with E-state index in [2.05, 4.69) is 49.8 Å². The Morgan fingerprint density at radius 1 is 1.09 bits per heavy atom. The number of halogens is 1. The summed E-state index contributed by atoms with van der Waals surface area (Å²) in [7, 11) is -2.47. The molecule has 11 heteroatoms. The summed E-state index contributed by atoms with van der Waals surface area (Å²) in [6.45, 7) is 4.84. The second kappa shape index (κ2) is 11.3. The third kappa shape index (κ3) is 6.91. The molecular formula is C23H25BrN4O5S. The minimum atomic E-state index is -3.89. The van der Waals surface area contributed by atoms with E-state index in [0.29, 0.717) is 34.0 Å². The minimum absolute atomic E-state index is 0.00808. The molecule has 3 rings (SSSR count). The highest BCUT2D eigenvalue weighted by Crippen LogP contribution is 2.27. The van der Waals surface area contributed by atoms with E-state index in [4.69, 9.17) is 9.47 Å². The van der Waals surface area contributed by atoms with Crippen molar-refractivity contribution in [3.8, 4) is 11.6 Å². The van der Waals surface area contributed by atoms with E-state index >= 15 is 0 Å². The van der Waals surface area contributed by atoms with Crippen LogP contribution in [0, 0.1) is 5.92 Å². The predicted octanol–water partition coefficient (Wildman–Crippen LogP) is 4.73. The number of nitrogens with one attached hydrogen (secondary N) is 2. The van der Waals surface area contributed by atoms with Gasteiger partial charge >= 0.3 is 0 Å². The predicted molar refractivity (Wildman–Crippen MR) is 133 cm³/mol. The summed E-state index contributed by atoms with van der Waals surface area (Å²) in [6.07, 6.45) is 2.13. The molecule has 0 aliphatic heterocycles. The Kier molecular flexibility index (Phi) is 8.46. The third-order valence-corrected chi connectivity index (χ3v) is 6.65. The highest BCUT2D eigenvalue weighted by Gasteiger charge is 2.16. The average molecular weight is 549 g/mol. The van der Waals surface area contributed by atoms with Crippen molar-refractivity contribution in [1.82, 2.24) is 9.97 Å². The zero-order valence-corrected chi connectivity index (χ0v) is 21.3. The molecule has 0 spiro atoms. The van der Waals surface area contributed by atoms with Crippen molar-refractivity contribution in [3.63, 3.8) is 0 Å². The van der Waals surface area contributed by atoms with Gasteiger partial charge in [0.2, 0.25) is 5.88 Å². The van der Waals surface area contributed by atoms with Crippen LogP contribution in [-0.2, 0) is 10.0 Å². The third-order valence-electron chi connectivity index (χ3n) is 4.66. The lowest BCUT2D eigenvalue weighted by atomic mass is 10.1. The molecule has 0 bridgehead atoms. The fourth-order valence-corrected chi connectivity index (χ4v) is 4.28. The van der Waals surface area contributed by atoms with Gasteiger partial charge in [0, 0.05) is 17.3 Å². The van der Waals surface area contributed by atoms with E-state index in [1.807, 2.05) is 0 Å². The first-order chi connectivity index (χ1) is 16.2. The van der Waals surface area contributed by atoms with Crippen LogP contribution in [0.5, 0.6) is 11.6 Å². The molecule has 0 aliphatic carbocycles. The van der Waals surface area contributed by atoms with Crippen molar-refractivity contribution < 1.29 is 22.7 Å². The SMILES string of the molecule is COc1cc(NS(=O)(=O)c2ccc(NC(=O)c3ccc(OCCC(C)C)c(Br)c3)cc2)ncn1. The van der Waals surface area contributed by atoms with Crippen LogP contribution in [-0.4, -0.2) is 38.0 Å². The molecule has 34 heavy (non-hydrogen) atoms. The maximum absolute atomic E-state index is 12.6. The van der Waals surface area contributed by atoms with Crippen molar-refractivity contribution >= 4 is 43.4 Å². The largest absolute Gasteiger partial charge is 0.492 e. The summed E-state index contributed by atoms with van der Waals surface area (Å²) in [5.41, 5.74) is 0.875. The zero-order chi connectivity index (χ0) is 24.7. The van der Waals surface area contributed by atoms with Gasteiger partial charge in [-0.2, -0.15) is 0 Å². The first-order valence-electron chi connectivity index (χ1n) is 10.4. The highest BCUT2D eigenvalue weighted by molar-refractivity contribution is 9.10. The van der Waals surface area contributed by atoms with Crippen molar-refractivity contribution in [3.05, 3.63) is 64.9 Å². The molecule has 3 aromatic rings. The lowest BCUT2D eigenvalue weighted by Gasteiger charge is -2.12. The Morgan fingerprint density at radius 2 is 1.82 bits per heavy atom. The first kappa shape index (κ1) is 25.4. The molecular weight excluding hydrogens is 524 g/mol. The van der Waals surface area contributed by atoms with Gasteiger partial charge in [0.05, 0.1) is 23.1 Å². The van der Waals surface area contributed by atoms with Crippen molar-refractivity contribution in [2.45, 2.75) is 25.2 Å². The Labute approximate surface area is 207 Å². The number of nitrogens with zero attached hydrogens (tertiary/aromatic N) is 2. The van der Waals surface area contributed by atoms with Crippen LogP contribution in [0.15, 0.2) is 64.2 Å². The second-order valence-corrected chi connectivity index (χ2v) is 10.2. The Morgan fingerprint density at radius 3 is 2.47 bits per heavy atom. The van der Waals surface area contributed by atoms with E-state index < -0.39 is 10.0 Å². The minimum Gasteiger partial charge on any atom is -0.492 e. The molecule has 1 heterocycles. The number of carbonyl (C=O) groups excluding carboxylic acids is 1. The molecule has 2 N–H and O–H groups in total. The van der Waals surface area contributed by atoms with Gasteiger partial charge in [0.15, 0.2) is 0 Å². The van der Waals surface area contributed by atoms with Gasteiger partial charge in [0.25, 0.3) is 15.9 Å². The molecule has 1 amide bonds. The summed E-state index contributed by atoms with van der Waals surface area (Å²) in [5, 5.41) is 2.75. The normalized spacial score (nSPS) is 11.2.